The van der Waals surface area contributed by atoms with Crippen LogP contribution in [0.1, 0.15) is 28.5 Å². The van der Waals surface area contributed by atoms with E-state index in [0.717, 1.165) is 21.9 Å². The molecule has 2 aromatic carbocycles. The van der Waals surface area contributed by atoms with Crippen molar-refractivity contribution < 1.29 is 19.1 Å². The van der Waals surface area contributed by atoms with Gasteiger partial charge in [-0.05, 0) is 45.0 Å². The van der Waals surface area contributed by atoms with Gasteiger partial charge in [0.2, 0.25) is 5.69 Å². The molecule has 0 aliphatic rings. The van der Waals surface area contributed by atoms with E-state index in [1.807, 2.05) is 38.1 Å². The number of hydrogen-bond acceptors (Lipinski definition) is 6. The minimum Gasteiger partial charge on any atom is -0.481 e. The Bertz CT molecular complexity index is 1140. The Balaban J connectivity index is 1.84. The lowest BCUT2D eigenvalue weighted by molar-refractivity contribution is -0.118. The van der Waals surface area contributed by atoms with Gasteiger partial charge in [-0.15, -0.1) is 0 Å². The molecule has 1 aromatic heterocycles. The lowest BCUT2D eigenvalue weighted by Crippen LogP contribution is -2.27. The Labute approximate surface area is 179 Å². The molecule has 1 heterocycles. The van der Waals surface area contributed by atoms with Gasteiger partial charge < -0.3 is 14.8 Å². The first-order valence-corrected chi connectivity index (χ1v) is 9.75. The summed E-state index contributed by atoms with van der Waals surface area (Å²) in [5, 5.41) is 6.82. The number of amides is 1. The smallest absolute Gasteiger partial charge is 0.362 e. The van der Waals surface area contributed by atoms with Crippen molar-refractivity contribution in [2.45, 2.75) is 20.8 Å². The molecular formula is C23H23N3O5. The van der Waals surface area contributed by atoms with Gasteiger partial charge in [0, 0.05) is 5.69 Å². The van der Waals surface area contributed by atoms with Crippen molar-refractivity contribution in [3.8, 4) is 11.4 Å². The third-order valence-electron chi connectivity index (χ3n) is 4.34. The molecule has 3 rings (SSSR count). The number of nitrogens with zero attached hydrogens (tertiary/aromatic N) is 2. The summed E-state index contributed by atoms with van der Waals surface area (Å²) in [7, 11) is 0. The first-order valence-electron chi connectivity index (χ1n) is 9.75. The Morgan fingerprint density at radius 2 is 1.61 bits per heavy atom. The molecule has 0 aliphatic heterocycles. The monoisotopic (exact) mass is 421 g/mol. The maximum absolute atomic E-state index is 12.6. The number of aromatic nitrogens is 2. The van der Waals surface area contributed by atoms with Gasteiger partial charge in [0.1, 0.15) is 0 Å². The van der Waals surface area contributed by atoms with Crippen LogP contribution in [0.2, 0.25) is 0 Å². The molecule has 8 nitrogen and oxygen atoms in total. The molecule has 0 saturated carbocycles. The SMILES string of the molecule is CCOC(=O)c1nn(-c2ccc(C)cc2)c(=O)cc1OCC(=O)Nc1ccc(C)cc1. The van der Waals surface area contributed by atoms with E-state index >= 15 is 0 Å². The van der Waals surface area contributed by atoms with E-state index in [-0.39, 0.29) is 18.1 Å². The average molecular weight is 421 g/mol. The summed E-state index contributed by atoms with van der Waals surface area (Å²) in [4.78, 5) is 37.2. The molecule has 0 unspecified atom stereocenters. The molecule has 0 saturated heterocycles. The summed E-state index contributed by atoms with van der Waals surface area (Å²) in [5.41, 5.74) is 2.48. The molecule has 31 heavy (non-hydrogen) atoms. The second-order valence-electron chi connectivity index (χ2n) is 6.87. The number of benzene rings is 2. The number of carbonyl (C=O) groups is 2. The third kappa shape index (κ3) is 5.57. The second kappa shape index (κ2) is 9.71. The van der Waals surface area contributed by atoms with Crippen molar-refractivity contribution in [2.75, 3.05) is 18.5 Å². The zero-order chi connectivity index (χ0) is 22.4. The summed E-state index contributed by atoms with van der Waals surface area (Å²) >= 11 is 0. The van der Waals surface area contributed by atoms with E-state index in [4.69, 9.17) is 9.47 Å². The number of hydrogen-bond donors (Lipinski definition) is 1. The van der Waals surface area contributed by atoms with Crippen molar-refractivity contribution in [2.24, 2.45) is 0 Å². The van der Waals surface area contributed by atoms with E-state index in [1.54, 1.807) is 31.2 Å². The van der Waals surface area contributed by atoms with Gasteiger partial charge in [-0.1, -0.05) is 35.4 Å². The summed E-state index contributed by atoms with van der Waals surface area (Å²) in [6.45, 7) is 5.23. The quantitative estimate of drug-likeness (QED) is 0.589. The van der Waals surface area contributed by atoms with Crippen LogP contribution in [0, 0.1) is 13.8 Å². The molecule has 0 spiro atoms. The Kier molecular flexibility index (Phi) is 6.81. The van der Waals surface area contributed by atoms with Crippen LogP contribution in [-0.4, -0.2) is 34.9 Å². The highest BCUT2D eigenvalue weighted by Gasteiger charge is 2.20. The maximum Gasteiger partial charge on any atom is 0.362 e. The van der Waals surface area contributed by atoms with Gasteiger partial charge in [0.15, 0.2) is 12.4 Å². The van der Waals surface area contributed by atoms with Gasteiger partial charge >= 0.3 is 5.97 Å². The van der Waals surface area contributed by atoms with Crippen LogP contribution in [0.25, 0.3) is 5.69 Å². The van der Waals surface area contributed by atoms with Crippen molar-refractivity contribution in [1.82, 2.24) is 9.78 Å². The lowest BCUT2D eigenvalue weighted by Gasteiger charge is -2.13. The van der Waals surface area contributed by atoms with E-state index in [0.29, 0.717) is 11.4 Å². The highest BCUT2D eigenvalue weighted by atomic mass is 16.5. The normalized spacial score (nSPS) is 10.4. The predicted molar refractivity (Wildman–Crippen MR) is 116 cm³/mol. The Hall–Kier alpha value is -3.94. The first-order chi connectivity index (χ1) is 14.9. The van der Waals surface area contributed by atoms with Crippen LogP contribution in [0.15, 0.2) is 59.4 Å². The topological polar surface area (TPSA) is 99.5 Å². The van der Waals surface area contributed by atoms with Crippen LogP contribution in [-0.2, 0) is 9.53 Å². The lowest BCUT2D eigenvalue weighted by atomic mass is 10.2. The summed E-state index contributed by atoms with van der Waals surface area (Å²) in [6.07, 6.45) is 0. The number of rotatable bonds is 7. The number of esters is 1. The molecule has 0 bridgehead atoms. The van der Waals surface area contributed by atoms with Crippen LogP contribution in [0.5, 0.6) is 5.75 Å². The Morgan fingerprint density at radius 3 is 2.23 bits per heavy atom. The fourth-order valence-corrected chi connectivity index (χ4v) is 2.74. The second-order valence-corrected chi connectivity index (χ2v) is 6.87. The number of nitrogens with one attached hydrogen (secondary N) is 1. The summed E-state index contributed by atoms with van der Waals surface area (Å²) in [6, 6.07) is 15.5. The third-order valence-corrected chi connectivity index (χ3v) is 4.34. The van der Waals surface area contributed by atoms with Gasteiger partial charge in [-0.3, -0.25) is 9.59 Å². The van der Waals surface area contributed by atoms with Crippen molar-refractivity contribution in [3.05, 3.63) is 81.8 Å². The highest BCUT2D eigenvalue weighted by Crippen LogP contribution is 2.17. The number of ether oxygens (including phenoxy) is 2. The van der Waals surface area contributed by atoms with Crippen LogP contribution in [0.4, 0.5) is 5.69 Å². The van der Waals surface area contributed by atoms with Gasteiger partial charge in [-0.2, -0.15) is 9.78 Å². The van der Waals surface area contributed by atoms with E-state index < -0.39 is 24.0 Å². The molecule has 3 aromatic rings. The fraction of sp³-hybridized carbons (Fsp3) is 0.217. The Morgan fingerprint density at radius 1 is 1.00 bits per heavy atom. The van der Waals surface area contributed by atoms with E-state index in [9.17, 15) is 14.4 Å². The molecule has 1 amide bonds. The molecule has 0 atom stereocenters. The number of aryl methyl sites for hydroxylation is 2. The molecule has 8 heteroatoms. The largest absolute Gasteiger partial charge is 0.481 e. The minimum atomic E-state index is -0.752. The van der Waals surface area contributed by atoms with E-state index in [1.165, 1.54) is 0 Å². The van der Waals surface area contributed by atoms with Crippen LogP contribution >= 0.6 is 0 Å². The highest BCUT2D eigenvalue weighted by molar-refractivity contribution is 5.93. The van der Waals surface area contributed by atoms with Gasteiger partial charge in [0.05, 0.1) is 18.4 Å². The molecular weight excluding hydrogens is 398 g/mol. The van der Waals surface area contributed by atoms with Gasteiger partial charge in [0.25, 0.3) is 11.5 Å². The summed E-state index contributed by atoms with van der Waals surface area (Å²) in [5.74, 6) is -1.32. The molecule has 1 N–H and O–H groups in total. The van der Waals surface area contributed by atoms with E-state index in [2.05, 4.69) is 10.4 Å². The fourth-order valence-electron chi connectivity index (χ4n) is 2.74. The molecule has 0 fully saturated rings. The molecule has 0 aliphatic carbocycles. The standard InChI is InChI=1S/C23H23N3O5/c1-4-30-23(29)22-19(31-14-20(27)24-17-9-5-15(2)6-10-17)13-21(28)26(25-22)18-11-7-16(3)8-12-18/h5-13H,4,14H2,1-3H3,(H,24,27). The molecule has 0 radical (unpaired) electrons. The first kappa shape index (κ1) is 21.8. The maximum atomic E-state index is 12.6. The zero-order valence-corrected chi connectivity index (χ0v) is 17.5. The number of anilines is 1. The van der Waals surface area contributed by atoms with Crippen molar-refractivity contribution in [1.29, 1.82) is 0 Å². The molecule has 160 valence electrons. The summed E-state index contributed by atoms with van der Waals surface area (Å²) < 4.78 is 11.6. The zero-order valence-electron chi connectivity index (χ0n) is 17.5. The van der Waals surface area contributed by atoms with Crippen LogP contribution in [0.3, 0.4) is 0 Å². The number of carbonyl (C=O) groups excluding carboxylic acids is 2. The van der Waals surface area contributed by atoms with Crippen LogP contribution < -0.4 is 15.6 Å². The average Bonchev–Trinajstić information content (AvgIpc) is 2.75. The van der Waals surface area contributed by atoms with Crippen molar-refractivity contribution in [3.63, 3.8) is 0 Å². The van der Waals surface area contributed by atoms with Crippen molar-refractivity contribution >= 4 is 17.6 Å². The van der Waals surface area contributed by atoms with Gasteiger partial charge in [-0.25, -0.2) is 4.79 Å². The predicted octanol–water partition coefficient (Wildman–Crippen LogP) is 3.04. The minimum absolute atomic E-state index is 0.120.